The lowest BCUT2D eigenvalue weighted by Gasteiger charge is -2.05. The summed E-state index contributed by atoms with van der Waals surface area (Å²) in [5, 5.41) is 8.34. The Bertz CT molecular complexity index is 403. The molecule has 0 unspecified atom stereocenters. The first kappa shape index (κ1) is 23.1. The van der Waals surface area contributed by atoms with Crippen LogP contribution in [0, 0.1) is 0 Å². The zero-order chi connectivity index (χ0) is 18.8. The number of unbranched alkanes of at least 4 members (excludes halogenated alkanes) is 8. The van der Waals surface area contributed by atoms with Crippen molar-refractivity contribution >= 4 is 17.9 Å². The first-order valence-electron chi connectivity index (χ1n) is 9.29. The van der Waals surface area contributed by atoms with Crippen molar-refractivity contribution < 1.29 is 29.0 Å². The molecule has 25 heavy (non-hydrogen) atoms. The van der Waals surface area contributed by atoms with Gasteiger partial charge >= 0.3 is 17.9 Å². The summed E-state index contributed by atoms with van der Waals surface area (Å²) in [6.45, 7) is 2.51. The maximum atomic E-state index is 11.5. The maximum Gasteiger partial charge on any atom is 0.331 e. The molecule has 0 aromatic heterocycles. The van der Waals surface area contributed by atoms with Crippen LogP contribution in [0.3, 0.4) is 0 Å². The van der Waals surface area contributed by atoms with Crippen LogP contribution >= 0.6 is 0 Å². The van der Waals surface area contributed by atoms with Crippen LogP contribution in [0.15, 0.2) is 12.2 Å². The molecule has 0 atom stereocenters. The molecule has 0 aromatic rings. The Kier molecular flexibility index (Phi) is 15.7. The van der Waals surface area contributed by atoms with Crippen molar-refractivity contribution in [1.29, 1.82) is 0 Å². The molecule has 0 heterocycles. The molecule has 0 saturated heterocycles. The van der Waals surface area contributed by atoms with Gasteiger partial charge in [0.1, 0.15) is 0 Å². The molecule has 0 rings (SSSR count). The molecule has 0 aliphatic heterocycles. The Balaban J connectivity index is 3.36. The minimum Gasteiger partial charge on any atom is -0.478 e. The van der Waals surface area contributed by atoms with Crippen LogP contribution in [0.5, 0.6) is 0 Å². The Morgan fingerprint density at radius 3 is 1.92 bits per heavy atom. The summed E-state index contributed by atoms with van der Waals surface area (Å²) in [5.74, 6) is -2.15. The third-order valence-electron chi connectivity index (χ3n) is 3.64. The number of carboxylic acids is 1. The Morgan fingerprint density at radius 1 is 0.760 bits per heavy atom. The minimum absolute atomic E-state index is 0.0914. The van der Waals surface area contributed by atoms with Gasteiger partial charge in [-0.3, -0.25) is 4.79 Å². The van der Waals surface area contributed by atoms with Crippen molar-refractivity contribution in [2.75, 3.05) is 13.2 Å². The van der Waals surface area contributed by atoms with Crippen LogP contribution in [0.25, 0.3) is 0 Å². The first-order valence-corrected chi connectivity index (χ1v) is 9.29. The van der Waals surface area contributed by atoms with E-state index in [4.69, 9.17) is 14.6 Å². The van der Waals surface area contributed by atoms with Gasteiger partial charge in [0.05, 0.1) is 13.2 Å². The van der Waals surface area contributed by atoms with Gasteiger partial charge in [-0.1, -0.05) is 58.3 Å². The number of carboxylic acid groups (broad SMARTS) is 1. The second kappa shape index (κ2) is 17.0. The topological polar surface area (TPSA) is 89.9 Å². The molecule has 144 valence electrons. The molecule has 6 heteroatoms. The van der Waals surface area contributed by atoms with Gasteiger partial charge < -0.3 is 14.6 Å². The average molecular weight is 356 g/mol. The van der Waals surface area contributed by atoms with E-state index in [0.717, 1.165) is 18.9 Å². The fourth-order valence-electron chi connectivity index (χ4n) is 2.26. The van der Waals surface area contributed by atoms with E-state index in [2.05, 4.69) is 6.92 Å². The normalized spacial score (nSPS) is 10.8. The summed E-state index contributed by atoms with van der Waals surface area (Å²) in [4.78, 5) is 32.8. The summed E-state index contributed by atoms with van der Waals surface area (Å²) in [6, 6.07) is 0. The summed E-state index contributed by atoms with van der Waals surface area (Å²) in [7, 11) is 0. The van der Waals surface area contributed by atoms with E-state index in [1.165, 1.54) is 44.9 Å². The fourth-order valence-corrected chi connectivity index (χ4v) is 2.26. The lowest BCUT2D eigenvalue weighted by Crippen LogP contribution is -2.09. The van der Waals surface area contributed by atoms with E-state index in [1.54, 1.807) is 0 Å². The molecule has 0 fully saturated rings. The minimum atomic E-state index is -1.21. The predicted octanol–water partition coefficient (Wildman–Crippen LogP) is 4.02. The second-order valence-corrected chi connectivity index (χ2v) is 5.99. The van der Waals surface area contributed by atoms with Crippen LogP contribution in [-0.4, -0.2) is 36.2 Å². The smallest absolute Gasteiger partial charge is 0.331 e. The van der Waals surface area contributed by atoms with Crippen LogP contribution in [0.1, 0.15) is 77.6 Å². The summed E-state index contributed by atoms with van der Waals surface area (Å²) in [5.41, 5.74) is 0. The SMILES string of the molecule is CCCCCCCCCCCC(=O)OCCCOC(=O)/C=C/C(=O)O. The number of carbonyl (C=O) groups excluding carboxylic acids is 2. The van der Waals surface area contributed by atoms with Gasteiger partial charge in [0.25, 0.3) is 0 Å². The molecular formula is C19H32O6. The van der Waals surface area contributed by atoms with E-state index in [9.17, 15) is 14.4 Å². The highest BCUT2D eigenvalue weighted by Crippen LogP contribution is 2.10. The molecule has 0 radical (unpaired) electrons. The second-order valence-electron chi connectivity index (χ2n) is 5.99. The van der Waals surface area contributed by atoms with Crippen LogP contribution in [0.4, 0.5) is 0 Å². The molecule has 0 aliphatic rings. The van der Waals surface area contributed by atoms with Crippen molar-refractivity contribution in [3.8, 4) is 0 Å². The number of carbonyl (C=O) groups is 3. The molecular weight excluding hydrogens is 324 g/mol. The molecule has 1 N–H and O–H groups in total. The Labute approximate surface area is 150 Å². The van der Waals surface area contributed by atoms with E-state index in [0.29, 0.717) is 18.9 Å². The first-order chi connectivity index (χ1) is 12.1. The average Bonchev–Trinajstić information content (AvgIpc) is 2.58. The Hall–Kier alpha value is -1.85. The number of ether oxygens (including phenoxy) is 2. The highest BCUT2D eigenvalue weighted by Gasteiger charge is 2.03. The molecule has 0 aromatic carbocycles. The third kappa shape index (κ3) is 18.3. The van der Waals surface area contributed by atoms with Crippen molar-refractivity contribution in [3.63, 3.8) is 0 Å². The summed E-state index contributed by atoms with van der Waals surface area (Å²) < 4.78 is 9.81. The lowest BCUT2D eigenvalue weighted by molar-refractivity contribution is -0.145. The predicted molar refractivity (Wildman–Crippen MR) is 95.2 cm³/mol. The zero-order valence-corrected chi connectivity index (χ0v) is 15.3. The quantitative estimate of drug-likeness (QED) is 0.255. The van der Waals surface area contributed by atoms with Crippen molar-refractivity contribution in [3.05, 3.63) is 12.2 Å². The highest BCUT2D eigenvalue weighted by molar-refractivity contribution is 5.90. The number of rotatable bonds is 16. The van der Waals surface area contributed by atoms with Gasteiger partial charge in [-0.25, -0.2) is 9.59 Å². The monoisotopic (exact) mass is 356 g/mol. The van der Waals surface area contributed by atoms with Crippen LogP contribution in [0.2, 0.25) is 0 Å². The van der Waals surface area contributed by atoms with Gasteiger partial charge in [-0.15, -0.1) is 0 Å². The third-order valence-corrected chi connectivity index (χ3v) is 3.64. The molecule has 0 saturated carbocycles. The van der Waals surface area contributed by atoms with Gasteiger partial charge in [-0.05, 0) is 6.42 Å². The van der Waals surface area contributed by atoms with Crippen LogP contribution < -0.4 is 0 Å². The molecule has 0 bridgehead atoms. The van der Waals surface area contributed by atoms with E-state index in [1.807, 2.05) is 0 Å². The Morgan fingerprint density at radius 2 is 1.32 bits per heavy atom. The van der Waals surface area contributed by atoms with E-state index < -0.39 is 11.9 Å². The number of aliphatic carboxylic acids is 1. The number of esters is 2. The summed E-state index contributed by atoms with van der Waals surface area (Å²) >= 11 is 0. The van der Waals surface area contributed by atoms with Gasteiger partial charge in [0.15, 0.2) is 0 Å². The van der Waals surface area contributed by atoms with Gasteiger partial charge in [0, 0.05) is 25.0 Å². The fraction of sp³-hybridized carbons (Fsp3) is 0.737. The standard InChI is InChI=1S/C19H32O6/c1-2-3-4-5-6-7-8-9-10-12-18(22)24-15-11-16-25-19(23)14-13-17(20)21/h13-14H,2-12,15-16H2,1H3,(H,20,21)/b14-13+. The van der Waals surface area contributed by atoms with Crippen molar-refractivity contribution in [1.82, 2.24) is 0 Å². The highest BCUT2D eigenvalue weighted by atomic mass is 16.5. The molecule has 0 spiro atoms. The summed E-state index contributed by atoms with van der Waals surface area (Å²) in [6.07, 6.45) is 13.2. The van der Waals surface area contributed by atoms with E-state index in [-0.39, 0.29) is 19.2 Å². The van der Waals surface area contributed by atoms with Crippen molar-refractivity contribution in [2.24, 2.45) is 0 Å². The van der Waals surface area contributed by atoms with Crippen molar-refractivity contribution in [2.45, 2.75) is 77.6 Å². The van der Waals surface area contributed by atoms with Crippen LogP contribution in [-0.2, 0) is 23.9 Å². The molecule has 6 nitrogen and oxygen atoms in total. The maximum absolute atomic E-state index is 11.5. The number of hydrogen-bond donors (Lipinski definition) is 1. The lowest BCUT2D eigenvalue weighted by atomic mass is 10.1. The zero-order valence-electron chi connectivity index (χ0n) is 15.3. The molecule has 0 amide bonds. The largest absolute Gasteiger partial charge is 0.478 e. The van der Waals surface area contributed by atoms with E-state index >= 15 is 0 Å². The molecule has 0 aliphatic carbocycles. The van der Waals surface area contributed by atoms with Gasteiger partial charge in [0.2, 0.25) is 0 Å². The number of hydrogen-bond acceptors (Lipinski definition) is 5. The van der Waals surface area contributed by atoms with Gasteiger partial charge in [-0.2, -0.15) is 0 Å².